The number of nitrogens with zero attached hydrogens (tertiary/aromatic N) is 2. The Hall–Kier alpha value is -3.61. The predicted octanol–water partition coefficient (Wildman–Crippen LogP) is 4.72. The van der Waals surface area contributed by atoms with Crippen LogP contribution in [0.5, 0.6) is 0 Å². The highest BCUT2D eigenvalue weighted by molar-refractivity contribution is 6.13. The Morgan fingerprint density at radius 2 is 1.90 bits per heavy atom. The van der Waals surface area contributed by atoms with Crippen molar-refractivity contribution in [1.29, 1.82) is 0 Å². The normalized spacial score (nSPS) is 20.7. The minimum absolute atomic E-state index is 0.0392. The summed E-state index contributed by atoms with van der Waals surface area (Å²) >= 11 is 0. The van der Waals surface area contributed by atoms with E-state index in [0.29, 0.717) is 41.1 Å². The third-order valence-electron chi connectivity index (χ3n) is 5.96. The molecule has 1 aliphatic carbocycles. The molecule has 158 valence electrons. The fraction of sp³-hybridized carbons (Fsp3) is 0.292. The molecule has 7 heteroatoms. The summed E-state index contributed by atoms with van der Waals surface area (Å²) < 4.78 is 0. The van der Waals surface area contributed by atoms with E-state index < -0.39 is 16.8 Å². The van der Waals surface area contributed by atoms with Crippen molar-refractivity contribution < 1.29 is 14.5 Å². The second kappa shape index (κ2) is 8.26. The van der Waals surface area contributed by atoms with Crippen LogP contribution in [0, 0.1) is 23.0 Å². The van der Waals surface area contributed by atoms with Gasteiger partial charge in [-0.25, -0.2) is 0 Å². The zero-order valence-electron chi connectivity index (χ0n) is 17.4. The summed E-state index contributed by atoms with van der Waals surface area (Å²) in [6, 6.07) is 13.7. The first-order valence-electron chi connectivity index (χ1n) is 10.3. The minimum Gasteiger partial charge on any atom is -0.325 e. The van der Waals surface area contributed by atoms with Crippen molar-refractivity contribution >= 4 is 28.8 Å². The van der Waals surface area contributed by atoms with Gasteiger partial charge >= 0.3 is 0 Å². The number of allylic oxidation sites excluding steroid dienone is 2. The summed E-state index contributed by atoms with van der Waals surface area (Å²) in [6.45, 7) is 3.69. The maximum atomic E-state index is 13.5. The molecule has 0 fully saturated rings. The van der Waals surface area contributed by atoms with Crippen LogP contribution in [0.4, 0.5) is 11.4 Å². The molecule has 1 unspecified atom stereocenters. The van der Waals surface area contributed by atoms with Gasteiger partial charge in [0.15, 0.2) is 5.78 Å². The van der Waals surface area contributed by atoms with Crippen molar-refractivity contribution in [3.8, 4) is 0 Å². The van der Waals surface area contributed by atoms with Gasteiger partial charge in [-0.1, -0.05) is 30.3 Å². The number of benzene rings is 2. The zero-order chi connectivity index (χ0) is 22.1. The van der Waals surface area contributed by atoms with Gasteiger partial charge in [0, 0.05) is 47.1 Å². The van der Waals surface area contributed by atoms with Crippen LogP contribution >= 0.6 is 0 Å². The minimum atomic E-state index is -0.734. The van der Waals surface area contributed by atoms with Crippen molar-refractivity contribution in [2.24, 2.45) is 10.9 Å². The average Bonchev–Trinajstić information content (AvgIpc) is 2.74. The highest BCUT2D eigenvalue weighted by Gasteiger charge is 2.42. The van der Waals surface area contributed by atoms with Gasteiger partial charge in [-0.2, -0.15) is 0 Å². The third-order valence-corrected chi connectivity index (χ3v) is 5.96. The number of Topliss-reactive ketones (excluding diaryl/α,β-unsaturated/α-hetero) is 1. The van der Waals surface area contributed by atoms with E-state index in [9.17, 15) is 19.7 Å². The molecule has 2 aromatic rings. The van der Waals surface area contributed by atoms with E-state index in [2.05, 4.69) is 10.3 Å². The van der Waals surface area contributed by atoms with Crippen LogP contribution in [-0.2, 0) is 9.59 Å². The Morgan fingerprint density at radius 3 is 2.65 bits per heavy atom. The number of aliphatic imine (C=N–C) groups is 1. The number of aryl methyl sites for hydroxylation is 1. The Bertz CT molecular complexity index is 1150. The van der Waals surface area contributed by atoms with Crippen LogP contribution in [0.2, 0.25) is 0 Å². The molecule has 2 aliphatic rings. The molecule has 0 bridgehead atoms. The number of nitro groups is 1. The molecule has 0 saturated heterocycles. The number of rotatable bonds is 4. The lowest BCUT2D eigenvalue weighted by atomic mass is 9.71. The Labute approximate surface area is 180 Å². The number of anilines is 1. The smallest absolute Gasteiger partial charge is 0.269 e. The summed E-state index contributed by atoms with van der Waals surface area (Å²) in [4.78, 5) is 41.9. The fourth-order valence-corrected chi connectivity index (χ4v) is 4.46. The van der Waals surface area contributed by atoms with Gasteiger partial charge in [0.1, 0.15) is 0 Å². The zero-order valence-corrected chi connectivity index (χ0v) is 17.4. The van der Waals surface area contributed by atoms with Gasteiger partial charge < -0.3 is 5.32 Å². The lowest BCUT2D eigenvalue weighted by Gasteiger charge is -2.35. The highest BCUT2D eigenvalue weighted by Crippen LogP contribution is 2.44. The molecule has 1 aliphatic heterocycles. The van der Waals surface area contributed by atoms with Crippen LogP contribution in [0.3, 0.4) is 0 Å². The lowest BCUT2D eigenvalue weighted by Crippen LogP contribution is -2.39. The molecule has 2 atom stereocenters. The topological polar surface area (TPSA) is 102 Å². The maximum Gasteiger partial charge on any atom is 0.269 e. The number of non-ortho nitro benzene ring substituents is 1. The second-order valence-corrected chi connectivity index (χ2v) is 8.00. The molecule has 1 heterocycles. The summed E-state index contributed by atoms with van der Waals surface area (Å²) in [5.74, 6) is -1.66. The van der Waals surface area contributed by atoms with Crippen molar-refractivity contribution in [3.05, 3.63) is 81.0 Å². The van der Waals surface area contributed by atoms with Crippen molar-refractivity contribution in [2.45, 2.75) is 39.0 Å². The third kappa shape index (κ3) is 3.91. The standard InChI is InChI=1S/C24H23N3O4/c1-14-7-3-4-10-18(14)26-24(29)21-15(2)25-19-11-6-12-20(28)23(19)22(21)16-8-5-9-17(13-16)27(30)31/h3-5,7-10,13,21-22H,6,11-12H2,1-2H3,(H,26,29)/t21?,22-/m0/s1. The van der Waals surface area contributed by atoms with E-state index >= 15 is 0 Å². The summed E-state index contributed by atoms with van der Waals surface area (Å²) in [6.07, 6.45) is 1.77. The number of para-hydroxylation sites is 1. The molecule has 0 radical (unpaired) electrons. The molecule has 2 aromatic carbocycles. The Kier molecular flexibility index (Phi) is 5.50. The fourth-order valence-electron chi connectivity index (χ4n) is 4.46. The molecule has 0 saturated carbocycles. The number of hydrogen-bond acceptors (Lipinski definition) is 5. The van der Waals surface area contributed by atoms with Gasteiger partial charge in [-0.15, -0.1) is 0 Å². The first-order valence-corrected chi connectivity index (χ1v) is 10.3. The van der Waals surface area contributed by atoms with Gasteiger partial charge in [0.2, 0.25) is 5.91 Å². The van der Waals surface area contributed by atoms with Crippen LogP contribution in [0.1, 0.15) is 43.2 Å². The first-order chi connectivity index (χ1) is 14.9. The Morgan fingerprint density at radius 1 is 1.13 bits per heavy atom. The molecule has 31 heavy (non-hydrogen) atoms. The van der Waals surface area contributed by atoms with Crippen molar-refractivity contribution in [1.82, 2.24) is 0 Å². The van der Waals surface area contributed by atoms with Gasteiger partial charge in [0.25, 0.3) is 5.69 Å². The molecular weight excluding hydrogens is 394 g/mol. The molecule has 0 spiro atoms. The number of nitrogens with one attached hydrogen (secondary N) is 1. The number of carbonyl (C=O) groups is 2. The predicted molar refractivity (Wildman–Crippen MR) is 118 cm³/mol. The lowest BCUT2D eigenvalue weighted by molar-refractivity contribution is -0.384. The van der Waals surface area contributed by atoms with Gasteiger partial charge in [-0.3, -0.25) is 24.7 Å². The number of amides is 1. The monoisotopic (exact) mass is 417 g/mol. The van der Waals surface area contributed by atoms with Gasteiger partial charge in [0.05, 0.1) is 10.8 Å². The first kappa shape index (κ1) is 20.7. The molecule has 1 amide bonds. The maximum absolute atomic E-state index is 13.5. The number of carbonyl (C=O) groups excluding carboxylic acids is 2. The van der Waals surface area contributed by atoms with Crippen molar-refractivity contribution in [3.63, 3.8) is 0 Å². The number of ketones is 1. The molecule has 1 N–H and O–H groups in total. The molecule has 0 aromatic heterocycles. The summed E-state index contributed by atoms with van der Waals surface area (Å²) in [5.41, 5.74) is 3.94. The van der Waals surface area contributed by atoms with E-state index in [0.717, 1.165) is 12.0 Å². The number of hydrogen-bond donors (Lipinski definition) is 1. The van der Waals surface area contributed by atoms with Gasteiger partial charge in [-0.05, 0) is 43.9 Å². The molecular formula is C24H23N3O4. The second-order valence-electron chi connectivity index (χ2n) is 8.00. The van der Waals surface area contributed by atoms with Crippen LogP contribution in [0.15, 0.2) is 64.8 Å². The van der Waals surface area contributed by atoms with Crippen LogP contribution in [-0.4, -0.2) is 22.3 Å². The molecule has 4 rings (SSSR count). The molecule has 7 nitrogen and oxygen atoms in total. The van der Waals surface area contributed by atoms with Crippen LogP contribution in [0.25, 0.3) is 0 Å². The van der Waals surface area contributed by atoms with E-state index in [4.69, 9.17) is 0 Å². The van der Waals surface area contributed by atoms with E-state index in [1.54, 1.807) is 19.1 Å². The quantitative estimate of drug-likeness (QED) is 0.574. The average molecular weight is 417 g/mol. The van der Waals surface area contributed by atoms with Crippen molar-refractivity contribution in [2.75, 3.05) is 5.32 Å². The SMILES string of the molecule is CC1=NC2=C(C(=O)CCC2)[C@@H](c2cccc([N+](=O)[O-])c2)C1C(=O)Nc1ccccc1C. The largest absolute Gasteiger partial charge is 0.325 e. The van der Waals surface area contributed by atoms with E-state index in [1.165, 1.54) is 12.1 Å². The van der Waals surface area contributed by atoms with Crippen LogP contribution < -0.4 is 5.32 Å². The Balaban J connectivity index is 1.82. The summed E-state index contributed by atoms with van der Waals surface area (Å²) in [5, 5.41) is 14.3. The number of nitro benzene ring substituents is 1. The van der Waals surface area contributed by atoms with E-state index in [1.807, 2.05) is 31.2 Å². The van der Waals surface area contributed by atoms with E-state index in [-0.39, 0.29) is 17.4 Å². The summed E-state index contributed by atoms with van der Waals surface area (Å²) in [7, 11) is 0. The highest BCUT2D eigenvalue weighted by atomic mass is 16.6.